The minimum absolute atomic E-state index is 0.120. The third-order valence-electron chi connectivity index (χ3n) is 8.09. The number of halogens is 1. The molecule has 0 amide bonds. The van der Waals surface area contributed by atoms with Crippen LogP contribution in [0.25, 0.3) is 0 Å². The fourth-order valence-corrected chi connectivity index (χ4v) is 5.56. The van der Waals surface area contributed by atoms with Crippen LogP contribution in [0.4, 0.5) is 4.39 Å². The average Bonchev–Trinajstić information content (AvgIpc) is 2.87. The van der Waals surface area contributed by atoms with E-state index in [1.807, 2.05) is 12.1 Å². The van der Waals surface area contributed by atoms with E-state index in [0.717, 1.165) is 32.2 Å². The summed E-state index contributed by atoms with van der Waals surface area (Å²) in [4.78, 5) is 7.23. The molecule has 0 bridgehead atoms. The van der Waals surface area contributed by atoms with Gasteiger partial charge in [-0.2, -0.15) is 0 Å². The van der Waals surface area contributed by atoms with Crippen LogP contribution in [0, 0.1) is 29.0 Å². The molecule has 2 aromatic carbocycles. The number of nitrogens with one attached hydrogen (secondary N) is 1. The van der Waals surface area contributed by atoms with Crippen molar-refractivity contribution < 1.29 is 4.39 Å². The molecule has 4 heteroatoms. The Morgan fingerprint density at radius 3 is 2.50 bits per heavy atom. The van der Waals surface area contributed by atoms with Crippen molar-refractivity contribution in [1.82, 2.24) is 10.2 Å². The molecule has 1 saturated heterocycles. The molecule has 0 saturated carbocycles. The molecule has 2 aliphatic rings. The van der Waals surface area contributed by atoms with Gasteiger partial charge in [0.25, 0.3) is 0 Å². The van der Waals surface area contributed by atoms with Crippen molar-refractivity contribution in [2.24, 2.45) is 16.3 Å². The fraction of sp³-hybridized carbons (Fsp3) is 0.531. The van der Waals surface area contributed by atoms with Crippen LogP contribution < -0.4 is 5.32 Å². The molecule has 0 aliphatic carbocycles. The van der Waals surface area contributed by atoms with Gasteiger partial charge in [-0.05, 0) is 101 Å². The van der Waals surface area contributed by atoms with Crippen LogP contribution in [-0.2, 0) is 6.42 Å². The van der Waals surface area contributed by atoms with Crippen molar-refractivity contribution in [1.29, 1.82) is 0 Å². The maximum absolute atomic E-state index is 14.5. The highest BCUT2D eigenvalue weighted by Gasteiger charge is 2.29. The molecule has 1 N–H and O–H groups in total. The van der Waals surface area contributed by atoms with E-state index in [0.29, 0.717) is 23.2 Å². The largest absolute Gasteiger partial charge is 0.356 e. The summed E-state index contributed by atoms with van der Waals surface area (Å²) in [6.45, 7) is 9.74. The number of likely N-dealkylation sites (tertiary alicyclic amines) is 1. The van der Waals surface area contributed by atoms with Gasteiger partial charge in [0.05, 0.1) is 6.04 Å². The quantitative estimate of drug-likeness (QED) is 0.437. The second-order valence-electron chi connectivity index (χ2n) is 11.2. The van der Waals surface area contributed by atoms with Gasteiger partial charge in [0.1, 0.15) is 5.82 Å². The molecule has 3 nitrogen and oxygen atoms in total. The van der Waals surface area contributed by atoms with Gasteiger partial charge in [-0.1, -0.05) is 61.7 Å². The molecule has 2 aromatic rings. The van der Waals surface area contributed by atoms with Crippen LogP contribution in [0.3, 0.4) is 0 Å². The third-order valence-corrected chi connectivity index (χ3v) is 8.09. The van der Waals surface area contributed by atoms with Gasteiger partial charge < -0.3 is 10.2 Å². The number of piperidine rings is 1. The first-order chi connectivity index (χ1) is 17.4. The first kappa shape index (κ1) is 26.4. The summed E-state index contributed by atoms with van der Waals surface area (Å²) < 4.78 is 14.5. The van der Waals surface area contributed by atoms with E-state index in [9.17, 15) is 4.39 Å². The zero-order valence-corrected chi connectivity index (χ0v) is 22.5. The van der Waals surface area contributed by atoms with E-state index in [1.165, 1.54) is 43.1 Å². The van der Waals surface area contributed by atoms with Crippen LogP contribution in [-0.4, -0.2) is 37.4 Å². The Labute approximate surface area is 217 Å². The Bertz CT molecular complexity index is 1080. The number of rotatable bonds is 7. The van der Waals surface area contributed by atoms with Gasteiger partial charge in [0.15, 0.2) is 5.84 Å². The van der Waals surface area contributed by atoms with Crippen molar-refractivity contribution in [3.8, 4) is 11.8 Å². The second kappa shape index (κ2) is 12.1. The number of nitrogens with zero attached hydrogens (tertiary/aromatic N) is 2. The van der Waals surface area contributed by atoms with Crippen LogP contribution in [0.2, 0.25) is 0 Å². The van der Waals surface area contributed by atoms with E-state index in [4.69, 9.17) is 4.99 Å². The lowest BCUT2D eigenvalue weighted by molar-refractivity contribution is 0.255. The summed E-state index contributed by atoms with van der Waals surface area (Å²) in [5, 5.41) is 3.46. The highest BCUT2D eigenvalue weighted by molar-refractivity contribution is 5.99. The number of aliphatic imine (C=N–C) groups is 1. The number of benzene rings is 2. The summed E-state index contributed by atoms with van der Waals surface area (Å²) in [5.41, 5.74) is 3.43. The van der Waals surface area contributed by atoms with E-state index in [1.54, 1.807) is 6.07 Å². The third kappa shape index (κ3) is 6.77. The van der Waals surface area contributed by atoms with Crippen molar-refractivity contribution >= 4 is 5.84 Å². The lowest BCUT2D eigenvalue weighted by Crippen LogP contribution is -2.32. The fourth-order valence-electron chi connectivity index (χ4n) is 5.56. The summed E-state index contributed by atoms with van der Waals surface area (Å²) in [6.07, 6.45) is 6.30. The Morgan fingerprint density at radius 1 is 1.08 bits per heavy atom. The highest BCUT2D eigenvalue weighted by atomic mass is 19.1. The Morgan fingerprint density at radius 2 is 1.81 bits per heavy atom. The standard InChI is InChI=1S/C32H42FN3/c1-5-8-30(28-9-6-7-10-29(28)33)35-31-15-19-32(2,3)27(16-20-34-31)23-24-11-13-25(14-12-24)26-17-21-36(4)22-18-26/h6-7,9-14,26-27,30H,5,8,16-18,20-23H2,1-4H3,(H,34,35)/t27?,30-/m0/s1. The molecule has 1 fully saturated rings. The Hall–Kier alpha value is -2.64. The molecule has 1 unspecified atom stereocenters. The summed E-state index contributed by atoms with van der Waals surface area (Å²) >= 11 is 0. The minimum Gasteiger partial charge on any atom is -0.356 e. The van der Waals surface area contributed by atoms with Crippen LogP contribution in [0.5, 0.6) is 0 Å². The van der Waals surface area contributed by atoms with Gasteiger partial charge in [0, 0.05) is 17.5 Å². The van der Waals surface area contributed by atoms with Crippen molar-refractivity contribution in [3.05, 3.63) is 71.0 Å². The molecule has 192 valence electrons. The zero-order valence-electron chi connectivity index (χ0n) is 22.5. The van der Waals surface area contributed by atoms with Crippen LogP contribution in [0.15, 0.2) is 53.5 Å². The van der Waals surface area contributed by atoms with E-state index in [-0.39, 0.29) is 17.3 Å². The number of amidine groups is 1. The first-order valence-electron chi connectivity index (χ1n) is 13.7. The maximum Gasteiger partial charge on any atom is 0.174 e. The molecular formula is C32H42FN3. The number of hydrogen-bond acceptors (Lipinski definition) is 3. The smallest absolute Gasteiger partial charge is 0.174 e. The summed E-state index contributed by atoms with van der Waals surface area (Å²) in [6, 6.07) is 16.3. The predicted octanol–water partition coefficient (Wildman–Crippen LogP) is 6.76. The predicted molar refractivity (Wildman–Crippen MR) is 149 cm³/mol. The van der Waals surface area contributed by atoms with E-state index in [2.05, 4.69) is 74.1 Å². The Kier molecular flexibility index (Phi) is 8.86. The SMILES string of the molecule is CCC[C@H](NC1=NCCC(Cc2ccc(C3CCN(C)CC3)cc2)C(C)(C)C#C1)c1ccccc1F. The van der Waals surface area contributed by atoms with Gasteiger partial charge in [0.2, 0.25) is 0 Å². The molecule has 0 radical (unpaired) electrons. The zero-order chi connectivity index (χ0) is 25.5. The van der Waals surface area contributed by atoms with Gasteiger partial charge >= 0.3 is 0 Å². The lowest BCUT2D eigenvalue weighted by atomic mass is 9.74. The molecule has 0 spiro atoms. The highest BCUT2D eigenvalue weighted by Crippen LogP contribution is 2.34. The minimum atomic E-state index is -0.176. The topological polar surface area (TPSA) is 27.6 Å². The first-order valence-corrected chi connectivity index (χ1v) is 13.7. The van der Waals surface area contributed by atoms with Gasteiger partial charge in [-0.25, -0.2) is 4.39 Å². The molecule has 36 heavy (non-hydrogen) atoms. The van der Waals surface area contributed by atoms with Crippen LogP contribution in [0.1, 0.15) is 81.5 Å². The molecule has 2 aliphatic heterocycles. The molecule has 0 aromatic heterocycles. The second-order valence-corrected chi connectivity index (χ2v) is 11.2. The molecule has 2 atom stereocenters. The lowest BCUT2D eigenvalue weighted by Gasteiger charge is -2.31. The van der Waals surface area contributed by atoms with Crippen molar-refractivity contribution in [2.75, 3.05) is 26.7 Å². The average molecular weight is 488 g/mol. The maximum atomic E-state index is 14.5. The van der Waals surface area contributed by atoms with Gasteiger partial charge in [-0.3, -0.25) is 4.99 Å². The molecular weight excluding hydrogens is 445 g/mol. The molecule has 2 heterocycles. The monoisotopic (exact) mass is 487 g/mol. The van der Waals surface area contributed by atoms with E-state index < -0.39 is 0 Å². The Balaban J connectivity index is 1.42. The van der Waals surface area contributed by atoms with Crippen LogP contribution >= 0.6 is 0 Å². The van der Waals surface area contributed by atoms with Crippen molar-refractivity contribution in [2.45, 2.75) is 71.3 Å². The molecule has 4 rings (SSSR count). The van der Waals surface area contributed by atoms with E-state index >= 15 is 0 Å². The summed E-state index contributed by atoms with van der Waals surface area (Å²) in [7, 11) is 2.22. The van der Waals surface area contributed by atoms with Crippen molar-refractivity contribution in [3.63, 3.8) is 0 Å². The van der Waals surface area contributed by atoms with Gasteiger partial charge in [-0.15, -0.1) is 0 Å². The normalized spacial score (nSPS) is 21.5. The number of hydrogen-bond donors (Lipinski definition) is 1. The summed E-state index contributed by atoms with van der Waals surface area (Å²) in [5.74, 6) is 8.48.